The minimum Gasteiger partial charge on any atom is -0.477 e. The SMILES string of the molecule is CCOCCOc1nc(-c2cccc(C(F)(F)F)c2)n(-c2cccc(NC(=O)COc3ccccc3[N+](=O)[O-])c2)n1. The molecular formula is C27H24F3N5O6. The molecule has 0 fully saturated rings. The summed E-state index contributed by atoms with van der Waals surface area (Å²) >= 11 is 0. The van der Waals surface area contributed by atoms with Gasteiger partial charge in [-0.2, -0.15) is 18.2 Å². The second kappa shape index (κ2) is 12.9. The first kappa shape index (κ1) is 29.0. The van der Waals surface area contributed by atoms with E-state index in [4.69, 9.17) is 14.2 Å². The molecule has 0 atom stereocenters. The molecule has 4 rings (SSSR count). The number of anilines is 1. The number of para-hydroxylation sites is 2. The molecule has 14 heteroatoms. The predicted molar refractivity (Wildman–Crippen MR) is 141 cm³/mol. The van der Waals surface area contributed by atoms with Gasteiger partial charge in [-0.3, -0.25) is 14.9 Å². The van der Waals surface area contributed by atoms with Crippen LogP contribution in [-0.2, 0) is 15.7 Å². The van der Waals surface area contributed by atoms with Crippen LogP contribution in [0.2, 0.25) is 0 Å². The average Bonchev–Trinajstić information content (AvgIpc) is 3.38. The van der Waals surface area contributed by atoms with Gasteiger partial charge in [-0.25, -0.2) is 4.68 Å². The highest BCUT2D eigenvalue weighted by Gasteiger charge is 2.31. The smallest absolute Gasteiger partial charge is 0.416 e. The highest BCUT2D eigenvalue weighted by Crippen LogP contribution is 2.33. The topological polar surface area (TPSA) is 131 Å². The lowest BCUT2D eigenvalue weighted by Crippen LogP contribution is -2.20. The first-order chi connectivity index (χ1) is 19.7. The van der Waals surface area contributed by atoms with E-state index in [0.717, 1.165) is 12.1 Å². The number of nitrogens with zero attached hydrogens (tertiary/aromatic N) is 4. The fourth-order valence-corrected chi connectivity index (χ4v) is 3.68. The van der Waals surface area contributed by atoms with Crippen LogP contribution in [0.1, 0.15) is 12.5 Å². The van der Waals surface area contributed by atoms with Crippen LogP contribution in [0.5, 0.6) is 11.8 Å². The number of rotatable bonds is 12. The molecule has 1 heterocycles. The molecule has 0 bridgehead atoms. The van der Waals surface area contributed by atoms with Crippen molar-refractivity contribution in [2.45, 2.75) is 13.1 Å². The van der Waals surface area contributed by atoms with E-state index in [1.54, 1.807) is 24.3 Å². The number of halogens is 3. The Hall–Kier alpha value is -4.98. The molecule has 214 valence electrons. The number of nitro benzene ring substituents is 1. The summed E-state index contributed by atoms with van der Waals surface area (Å²) in [4.78, 5) is 27.4. The Morgan fingerprint density at radius 2 is 1.80 bits per heavy atom. The number of hydrogen-bond donors (Lipinski definition) is 1. The molecule has 0 aliphatic carbocycles. The summed E-state index contributed by atoms with van der Waals surface area (Å²) in [6.45, 7) is 2.18. The standard InChI is InChI=1S/C27H24F3N5O6/c1-2-39-13-14-40-26-32-25(18-7-5-8-19(15-18)27(28,29)30)34(33-26)21-10-6-9-20(16-21)31-24(36)17-41-23-12-4-3-11-22(23)35(37)38/h3-12,15-16H,2,13-14,17H2,1H3,(H,31,36). The third kappa shape index (κ3) is 7.57. The average molecular weight is 572 g/mol. The maximum Gasteiger partial charge on any atom is 0.416 e. The third-order valence-corrected chi connectivity index (χ3v) is 5.49. The monoisotopic (exact) mass is 571 g/mol. The summed E-state index contributed by atoms with van der Waals surface area (Å²) in [5.74, 6) is -0.589. The number of nitrogens with one attached hydrogen (secondary N) is 1. The van der Waals surface area contributed by atoms with Crippen LogP contribution in [-0.4, -0.2) is 52.0 Å². The van der Waals surface area contributed by atoms with Crippen molar-refractivity contribution in [1.82, 2.24) is 14.8 Å². The number of amides is 1. The summed E-state index contributed by atoms with van der Waals surface area (Å²) in [5, 5.41) is 18.1. The van der Waals surface area contributed by atoms with Crippen LogP contribution in [0.15, 0.2) is 72.8 Å². The van der Waals surface area contributed by atoms with E-state index in [-0.39, 0.29) is 42.0 Å². The van der Waals surface area contributed by atoms with Crippen LogP contribution in [0.25, 0.3) is 17.1 Å². The van der Waals surface area contributed by atoms with Gasteiger partial charge >= 0.3 is 17.9 Å². The van der Waals surface area contributed by atoms with Crippen molar-refractivity contribution < 1.29 is 37.1 Å². The zero-order valence-corrected chi connectivity index (χ0v) is 21.6. The van der Waals surface area contributed by atoms with Crippen molar-refractivity contribution in [3.63, 3.8) is 0 Å². The first-order valence-corrected chi connectivity index (χ1v) is 12.3. The molecular weight excluding hydrogens is 547 g/mol. The Kier molecular flexibility index (Phi) is 9.14. The molecule has 0 radical (unpaired) electrons. The Bertz CT molecular complexity index is 1530. The molecule has 4 aromatic rings. The summed E-state index contributed by atoms with van der Waals surface area (Å²) in [6.07, 6.45) is -4.57. The summed E-state index contributed by atoms with van der Waals surface area (Å²) in [5.41, 5.74) is -0.331. The van der Waals surface area contributed by atoms with Crippen molar-refractivity contribution in [1.29, 1.82) is 0 Å². The molecule has 0 unspecified atom stereocenters. The van der Waals surface area contributed by atoms with E-state index < -0.39 is 29.2 Å². The lowest BCUT2D eigenvalue weighted by Gasteiger charge is -2.11. The van der Waals surface area contributed by atoms with Gasteiger partial charge < -0.3 is 19.5 Å². The van der Waals surface area contributed by atoms with E-state index in [1.807, 2.05) is 6.92 Å². The maximum absolute atomic E-state index is 13.4. The minimum absolute atomic E-state index is 0.0633. The van der Waals surface area contributed by atoms with Gasteiger partial charge in [-0.15, -0.1) is 5.10 Å². The Morgan fingerprint density at radius 3 is 2.56 bits per heavy atom. The molecule has 1 N–H and O–H groups in total. The van der Waals surface area contributed by atoms with E-state index in [9.17, 15) is 28.1 Å². The van der Waals surface area contributed by atoms with E-state index in [1.165, 1.54) is 41.1 Å². The van der Waals surface area contributed by atoms with Crippen molar-refractivity contribution in [2.75, 3.05) is 31.7 Å². The van der Waals surface area contributed by atoms with Crippen LogP contribution in [0, 0.1) is 10.1 Å². The van der Waals surface area contributed by atoms with Crippen LogP contribution >= 0.6 is 0 Å². The Balaban J connectivity index is 1.58. The molecule has 0 aliphatic rings. The number of ether oxygens (including phenoxy) is 3. The highest BCUT2D eigenvalue weighted by atomic mass is 19.4. The summed E-state index contributed by atoms with van der Waals surface area (Å²) in [7, 11) is 0. The lowest BCUT2D eigenvalue weighted by atomic mass is 10.1. The Labute approximate surface area is 231 Å². The molecule has 0 aliphatic heterocycles. The number of benzene rings is 3. The number of nitro groups is 1. The number of alkyl halides is 3. The van der Waals surface area contributed by atoms with E-state index in [2.05, 4.69) is 15.4 Å². The molecule has 1 aromatic heterocycles. The molecule has 3 aromatic carbocycles. The van der Waals surface area contributed by atoms with Crippen molar-refractivity contribution >= 4 is 17.3 Å². The van der Waals surface area contributed by atoms with E-state index in [0.29, 0.717) is 18.0 Å². The number of carbonyl (C=O) groups excluding carboxylic acids is 1. The first-order valence-electron chi connectivity index (χ1n) is 12.3. The van der Waals surface area contributed by atoms with Crippen LogP contribution < -0.4 is 14.8 Å². The maximum atomic E-state index is 13.4. The number of carbonyl (C=O) groups is 1. The lowest BCUT2D eigenvalue weighted by molar-refractivity contribution is -0.385. The summed E-state index contributed by atoms with van der Waals surface area (Å²) in [6, 6.07) is 16.5. The zero-order chi connectivity index (χ0) is 29.4. The van der Waals surface area contributed by atoms with Gasteiger partial charge in [-0.05, 0) is 43.3 Å². The second-order valence-corrected chi connectivity index (χ2v) is 8.37. The van der Waals surface area contributed by atoms with E-state index >= 15 is 0 Å². The van der Waals surface area contributed by atoms with Gasteiger partial charge in [0.25, 0.3) is 5.91 Å². The predicted octanol–water partition coefficient (Wildman–Crippen LogP) is 5.29. The fourth-order valence-electron chi connectivity index (χ4n) is 3.68. The van der Waals surface area contributed by atoms with Gasteiger partial charge in [0.1, 0.15) is 6.61 Å². The summed E-state index contributed by atoms with van der Waals surface area (Å²) < 4.78 is 57.6. The third-order valence-electron chi connectivity index (χ3n) is 5.49. The van der Waals surface area contributed by atoms with Crippen LogP contribution in [0.4, 0.5) is 24.5 Å². The van der Waals surface area contributed by atoms with Crippen molar-refractivity contribution in [3.8, 4) is 28.8 Å². The zero-order valence-electron chi connectivity index (χ0n) is 21.6. The fraction of sp³-hybridized carbons (Fsp3) is 0.222. The highest BCUT2D eigenvalue weighted by molar-refractivity contribution is 5.92. The van der Waals surface area contributed by atoms with Gasteiger partial charge in [0.2, 0.25) is 0 Å². The van der Waals surface area contributed by atoms with Crippen molar-refractivity contribution in [2.24, 2.45) is 0 Å². The number of aromatic nitrogens is 3. The molecule has 41 heavy (non-hydrogen) atoms. The Morgan fingerprint density at radius 1 is 1.02 bits per heavy atom. The largest absolute Gasteiger partial charge is 0.477 e. The van der Waals surface area contributed by atoms with Crippen LogP contribution in [0.3, 0.4) is 0 Å². The molecule has 1 amide bonds. The molecule has 0 saturated heterocycles. The van der Waals surface area contributed by atoms with Gasteiger partial charge in [0.05, 0.1) is 22.8 Å². The quantitative estimate of drug-likeness (QED) is 0.138. The molecule has 0 spiro atoms. The normalized spacial score (nSPS) is 11.2. The van der Waals surface area contributed by atoms with Gasteiger partial charge in [0.15, 0.2) is 18.2 Å². The molecule has 11 nitrogen and oxygen atoms in total. The van der Waals surface area contributed by atoms with Gasteiger partial charge in [-0.1, -0.05) is 30.3 Å². The number of hydrogen-bond acceptors (Lipinski definition) is 8. The second-order valence-electron chi connectivity index (χ2n) is 8.37. The molecule has 0 saturated carbocycles. The minimum atomic E-state index is -4.57. The van der Waals surface area contributed by atoms with Gasteiger partial charge in [0, 0.05) is 23.9 Å². The van der Waals surface area contributed by atoms with Crippen molar-refractivity contribution in [3.05, 3.63) is 88.5 Å².